The van der Waals surface area contributed by atoms with Gasteiger partial charge in [-0.05, 0) is 49.7 Å². The van der Waals surface area contributed by atoms with E-state index in [1.807, 2.05) is 13.2 Å². The van der Waals surface area contributed by atoms with Gasteiger partial charge in [0.05, 0.1) is 28.0 Å². The summed E-state index contributed by atoms with van der Waals surface area (Å²) in [4.78, 5) is 0. The number of hydrogen-bond donors (Lipinski definition) is 1. The highest BCUT2D eigenvalue weighted by molar-refractivity contribution is 9.10. The van der Waals surface area contributed by atoms with Crippen LogP contribution < -0.4 is 5.32 Å². The van der Waals surface area contributed by atoms with Gasteiger partial charge in [0.1, 0.15) is 0 Å². The van der Waals surface area contributed by atoms with Crippen LogP contribution in [0.2, 0.25) is 0 Å². The third-order valence-electron chi connectivity index (χ3n) is 4.35. The second-order valence-corrected chi connectivity index (χ2v) is 6.33. The van der Waals surface area contributed by atoms with E-state index in [0.717, 1.165) is 30.5 Å². The molecule has 2 rings (SSSR count). The monoisotopic (exact) mass is 343 g/mol. The molecular formula is C15H26BrN3O. The van der Waals surface area contributed by atoms with E-state index in [4.69, 9.17) is 4.74 Å². The van der Waals surface area contributed by atoms with Crippen molar-refractivity contribution in [1.82, 2.24) is 15.1 Å². The van der Waals surface area contributed by atoms with Crippen LogP contribution in [0.25, 0.3) is 0 Å². The quantitative estimate of drug-likeness (QED) is 0.856. The zero-order valence-electron chi connectivity index (χ0n) is 12.8. The molecule has 5 heteroatoms. The molecule has 0 saturated heterocycles. The summed E-state index contributed by atoms with van der Waals surface area (Å²) in [6, 6.07) is 0.180. The minimum absolute atomic E-state index is 0.1000. The molecule has 0 spiro atoms. The molecule has 1 fully saturated rings. The molecule has 0 aliphatic heterocycles. The van der Waals surface area contributed by atoms with Crippen LogP contribution in [0.1, 0.15) is 57.7 Å². The Morgan fingerprint density at radius 2 is 2.10 bits per heavy atom. The van der Waals surface area contributed by atoms with Gasteiger partial charge in [-0.15, -0.1) is 0 Å². The molecule has 1 heterocycles. The second-order valence-electron chi connectivity index (χ2n) is 5.47. The third kappa shape index (κ3) is 2.95. The van der Waals surface area contributed by atoms with Crippen molar-refractivity contribution in [3.63, 3.8) is 0 Å². The Balaban J connectivity index is 2.39. The summed E-state index contributed by atoms with van der Waals surface area (Å²) in [7, 11) is 2.03. The lowest BCUT2D eigenvalue weighted by molar-refractivity contribution is -0.0916. The highest BCUT2D eigenvalue weighted by Gasteiger charge is 2.43. The number of likely N-dealkylation sites (N-methyl/N-ethyl adjacent to an activating group) is 1. The Morgan fingerprint density at radius 1 is 1.40 bits per heavy atom. The predicted octanol–water partition coefficient (Wildman–Crippen LogP) is 3.67. The molecular weight excluding hydrogens is 318 g/mol. The lowest BCUT2D eigenvalue weighted by atomic mass is 9.78. The Labute approximate surface area is 130 Å². The fourth-order valence-electron chi connectivity index (χ4n) is 3.51. The van der Waals surface area contributed by atoms with Gasteiger partial charge in [0.15, 0.2) is 0 Å². The summed E-state index contributed by atoms with van der Waals surface area (Å²) < 4.78 is 9.42. The zero-order valence-corrected chi connectivity index (χ0v) is 14.4. The number of aryl methyl sites for hydroxylation is 1. The number of ether oxygens (including phenoxy) is 1. The van der Waals surface area contributed by atoms with Gasteiger partial charge in [0.25, 0.3) is 0 Å². The van der Waals surface area contributed by atoms with Crippen LogP contribution in [0.5, 0.6) is 0 Å². The molecule has 4 nitrogen and oxygen atoms in total. The molecule has 0 radical (unpaired) electrons. The molecule has 1 aromatic rings. The third-order valence-corrected chi connectivity index (χ3v) is 4.96. The number of hydrogen-bond acceptors (Lipinski definition) is 3. The van der Waals surface area contributed by atoms with Gasteiger partial charge < -0.3 is 10.1 Å². The molecule has 114 valence electrons. The van der Waals surface area contributed by atoms with Gasteiger partial charge in [-0.1, -0.05) is 19.3 Å². The lowest BCUT2D eigenvalue weighted by Crippen LogP contribution is -2.47. The van der Waals surface area contributed by atoms with E-state index in [0.29, 0.717) is 0 Å². The zero-order chi connectivity index (χ0) is 14.6. The summed E-state index contributed by atoms with van der Waals surface area (Å²) >= 11 is 3.66. The first-order chi connectivity index (χ1) is 9.68. The molecule has 1 unspecified atom stereocenters. The highest BCUT2D eigenvalue weighted by Crippen LogP contribution is 2.43. The molecule has 0 bridgehead atoms. The van der Waals surface area contributed by atoms with Crippen molar-refractivity contribution >= 4 is 15.9 Å². The van der Waals surface area contributed by atoms with Crippen LogP contribution in [0.3, 0.4) is 0 Å². The summed E-state index contributed by atoms with van der Waals surface area (Å²) in [5.41, 5.74) is 1.11. The van der Waals surface area contributed by atoms with Gasteiger partial charge in [-0.25, -0.2) is 0 Å². The van der Waals surface area contributed by atoms with Crippen molar-refractivity contribution in [3.8, 4) is 0 Å². The van der Waals surface area contributed by atoms with Gasteiger partial charge in [-0.3, -0.25) is 4.68 Å². The number of nitrogens with zero attached hydrogens (tertiary/aromatic N) is 2. The maximum absolute atomic E-state index is 6.28. The lowest BCUT2D eigenvalue weighted by Gasteiger charge is -2.43. The largest absolute Gasteiger partial charge is 0.373 e. The van der Waals surface area contributed by atoms with Gasteiger partial charge in [0, 0.05) is 13.2 Å². The van der Waals surface area contributed by atoms with Crippen molar-refractivity contribution < 1.29 is 4.74 Å². The highest BCUT2D eigenvalue weighted by atomic mass is 79.9. The SMILES string of the molecule is CCOC1(C(NC)c2c(Br)cnn2CC)CCCCC1. The van der Waals surface area contributed by atoms with Gasteiger partial charge >= 0.3 is 0 Å². The van der Waals surface area contributed by atoms with Crippen molar-refractivity contribution in [2.75, 3.05) is 13.7 Å². The second kappa shape index (κ2) is 7.05. The van der Waals surface area contributed by atoms with E-state index in [-0.39, 0.29) is 11.6 Å². The molecule has 0 amide bonds. The summed E-state index contributed by atoms with van der Waals surface area (Å²) in [6.07, 6.45) is 7.94. The normalized spacial score (nSPS) is 20.0. The smallest absolute Gasteiger partial charge is 0.0891 e. The molecule has 1 aromatic heterocycles. The number of aromatic nitrogens is 2. The summed E-state index contributed by atoms with van der Waals surface area (Å²) in [6.45, 7) is 5.86. The topological polar surface area (TPSA) is 39.1 Å². The molecule has 1 aliphatic rings. The molecule has 1 atom stereocenters. The molecule has 0 aromatic carbocycles. The summed E-state index contributed by atoms with van der Waals surface area (Å²) in [5.74, 6) is 0. The molecule has 20 heavy (non-hydrogen) atoms. The van der Waals surface area contributed by atoms with E-state index in [1.54, 1.807) is 0 Å². The maximum Gasteiger partial charge on any atom is 0.0891 e. The fraction of sp³-hybridized carbons (Fsp3) is 0.800. The number of rotatable bonds is 6. The molecule has 1 saturated carbocycles. The van der Waals surface area contributed by atoms with Crippen molar-refractivity contribution in [3.05, 3.63) is 16.4 Å². The average Bonchev–Trinajstić information content (AvgIpc) is 2.82. The standard InChI is InChI=1S/C15H26BrN3O/c1-4-19-13(12(16)11-18-19)14(17-3)15(20-5-2)9-7-6-8-10-15/h11,14,17H,4-10H2,1-3H3. The van der Waals surface area contributed by atoms with Gasteiger partial charge in [-0.2, -0.15) is 5.10 Å². The van der Waals surface area contributed by atoms with E-state index in [1.165, 1.54) is 25.0 Å². The van der Waals surface area contributed by atoms with E-state index < -0.39 is 0 Å². The fourth-order valence-corrected chi connectivity index (χ4v) is 4.04. The molecule has 1 N–H and O–H groups in total. The minimum Gasteiger partial charge on any atom is -0.373 e. The van der Waals surface area contributed by atoms with Crippen LogP contribution in [-0.4, -0.2) is 29.0 Å². The van der Waals surface area contributed by atoms with Crippen molar-refractivity contribution in [1.29, 1.82) is 0 Å². The minimum atomic E-state index is -0.1000. The summed E-state index contributed by atoms with van der Waals surface area (Å²) in [5, 5.41) is 7.96. The van der Waals surface area contributed by atoms with Gasteiger partial charge in [0.2, 0.25) is 0 Å². The maximum atomic E-state index is 6.28. The molecule has 1 aliphatic carbocycles. The Hall–Kier alpha value is -0.390. The van der Waals surface area contributed by atoms with E-state index in [9.17, 15) is 0 Å². The Bertz CT molecular complexity index is 421. The Morgan fingerprint density at radius 3 is 2.65 bits per heavy atom. The Kier molecular flexibility index (Phi) is 5.64. The van der Waals surface area contributed by atoms with Crippen LogP contribution in [-0.2, 0) is 11.3 Å². The van der Waals surface area contributed by atoms with Crippen molar-refractivity contribution in [2.24, 2.45) is 0 Å². The number of nitrogens with one attached hydrogen (secondary N) is 1. The van der Waals surface area contributed by atoms with E-state index in [2.05, 4.69) is 44.9 Å². The predicted molar refractivity (Wildman–Crippen MR) is 84.8 cm³/mol. The average molecular weight is 344 g/mol. The van der Waals surface area contributed by atoms with Crippen molar-refractivity contribution in [2.45, 2.75) is 64.1 Å². The van der Waals surface area contributed by atoms with Crippen LogP contribution in [0, 0.1) is 0 Å². The first-order valence-electron chi connectivity index (χ1n) is 7.71. The van der Waals surface area contributed by atoms with E-state index >= 15 is 0 Å². The first kappa shape index (κ1) is 16.0. The van der Waals surface area contributed by atoms with Crippen LogP contribution in [0.4, 0.5) is 0 Å². The number of halogens is 1. The van der Waals surface area contributed by atoms with Crippen LogP contribution >= 0.6 is 15.9 Å². The first-order valence-corrected chi connectivity index (χ1v) is 8.50. The van der Waals surface area contributed by atoms with Crippen LogP contribution in [0.15, 0.2) is 10.7 Å².